The molecule has 2 aromatic rings. The van der Waals surface area contributed by atoms with Crippen molar-refractivity contribution in [2.45, 2.75) is 47.1 Å². The molecule has 0 aliphatic heterocycles. The van der Waals surface area contributed by atoms with E-state index in [-0.39, 0.29) is 12.2 Å². The zero-order valence-corrected chi connectivity index (χ0v) is 14.1. The Morgan fingerprint density at radius 3 is 2.52 bits per heavy atom. The van der Waals surface area contributed by atoms with Crippen LogP contribution in [0.15, 0.2) is 4.79 Å². The maximum absolute atomic E-state index is 12.9. The minimum absolute atomic E-state index is 0.183. The Morgan fingerprint density at radius 1 is 1.33 bits per heavy atom. The Balaban J connectivity index is 2.78. The molecule has 0 unspecified atom stereocenters. The Hall–Kier alpha value is -1.69. The van der Waals surface area contributed by atoms with Crippen molar-refractivity contribution in [3.8, 4) is 0 Å². The number of aromatic nitrogens is 2. The molecule has 0 radical (unpaired) electrons. The molecule has 2 aromatic heterocycles. The van der Waals surface area contributed by atoms with E-state index < -0.39 is 11.5 Å². The first-order valence-electron chi connectivity index (χ1n) is 6.88. The predicted octanol–water partition coefficient (Wildman–Crippen LogP) is 2.68. The molecule has 0 N–H and O–H groups in total. The number of fused-ring (bicyclic) bond motifs is 1. The van der Waals surface area contributed by atoms with Crippen molar-refractivity contribution in [3.05, 3.63) is 26.6 Å². The van der Waals surface area contributed by atoms with Crippen LogP contribution in [0.5, 0.6) is 0 Å². The second-order valence-electron chi connectivity index (χ2n) is 5.54. The molecule has 5 nitrogen and oxygen atoms in total. The summed E-state index contributed by atoms with van der Waals surface area (Å²) in [5, 5.41) is 0.598. The lowest BCUT2D eigenvalue weighted by Gasteiger charge is -2.26. The molecule has 0 aliphatic rings. The molecule has 0 fully saturated rings. The standard InChI is InChI=1S/C15H20N2O3S/c1-7-20-14(19)15(5,6)17-10(4)16-12-11(13(17)18)8(2)9(3)21-12/h7H2,1-6H3. The third-order valence-corrected chi connectivity index (χ3v) is 4.81. The van der Waals surface area contributed by atoms with Gasteiger partial charge in [0.25, 0.3) is 5.56 Å². The third kappa shape index (κ3) is 2.37. The third-order valence-electron chi connectivity index (χ3n) is 3.70. The number of esters is 1. The fourth-order valence-corrected chi connectivity index (χ4v) is 3.52. The van der Waals surface area contributed by atoms with E-state index >= 15 is 0 Å². The van der Waals surface area contributed by atoms with Gasteiger partial charge in [-0.1, -0.05) is 0 Å². The molecule has 2 rings (SSSR count). The zero-order chi connectivity index (χ0) is 15.9. The summed E-state index contributed by atoms with van der Waals surface area (Å²) < 4.78 is 6.53. The molecule has 0 bridgehead atoms. The van der Waals surface area contributed by atoms with Crippen molar-refractivity contribution in [2.75, 3.05) is 6.61 Å². The van der Waals surface area contributed by atoms with E-state index in [1.54, 1.807) is 27.7 Å². The topological polar surface area (TPSA) is 61.2 Å². The number of nitrogens with zero attached hydrogens (tertiary/aromatic N) is 2. The number of thiophene rings is 1. The first-order chi connectivity index (χ1) is 9.71. The summed E-state index contributed by atoms with van der Waals surface area (Å²) in [6.07, 6.45) is 0. The van der Waals surface area contributed by atoms with Gasteiger partial charge in [0.1, 0.15) is 16.2 Å². The molecule has 0 aliphatic carbocycles. The van der Waals surface area contributed by atoms with E-state index in [9.17, 15) is 9.59 Å². The lowest BCUT2D eigenvalue weighted by atomic mass is 10.0. The summed E-state index contributed by atoms with van der Waals surface area (Å²) in [5.74, 6) is 0.0905. The van der Waals surface area contributed by atoms with Gasteiger partial charge in [0.2, 0.25) is 0 Å². The van der Waals surface area contributed by atoms with Crippen LogP contribution >= 0.6 is 11.3 Å². The normalized spacial score (nSPS) is 11.9. The maximum Gasteiger partial charge on any atom is 0.331 e. The maximum atomic E-state index is 12.9. The van der Waals surface area contributed by atoms with Crippen LogP contribution in [0.3, 0.4) is 0 Å². The average Bonchev–Trinajstić information content (AvgIpc) is 2.64. The Morgan fingerprint density at radius 2 is 1.95 bits per heavy atom. The monoisotopic (exact) mass is 308 g/mol. The predicted molar refractivity (Wildman–Crippen MR) is 84.0 cm³/mol. The quantitative estimate of drug-likeness (QED) is 0.818. The molecule has 0 atom stereocenters. The lowest BCUT2D eigenvalue weighted by molar-refractivity contribution is -0.152. The van der Waals surface area contributed by atoms with Crippen molar-refractivity contribution in [1.29, 1.82) is 0 Å². The van der Waals surface area contributed by atoms with Crippen LogP contribution in [-0.2, 0) is 15.1 Å². The SMILES string of the molecule is CCOC(=O)C(C)(C)n1c(C)nc2sc(C)c(C)c2c1=O. The van der Waals surface area contributed by atoms with Gasteiger partial charge < -0.3 is 4.74 Å². The van der Waals surface area contributed by atoms with Crippen LogP contribution in [0, 0.1) is 20.8 Å². The van der Waals surface area contributed by atoms with Crippen LogP contribution < -0.4 is 5.56 Å². The highest BCUT2D eigenvalue weighted by Gasteiger charge is 2.34. The summed E-state index contributed by atoms with van der Waals surface area (Å²) in [7, 11) is 0. The first kappa shape index (κ1) is 15.7. The van der Waals surface area contributed by atoms with Crippen molar-refractivity contribution in [3.63, 3.8) is 0 Å². The number of carbonyl (C=O) groups excluding carboxylic acids is 1. The second kappa shape index (κ2) is 5.26. The zero-order valence-electron chi connectivity index (χ0n) is 13.2. The van der Waals surface area contributed by atoms with Crippen LogP contribution in [-0.4, -0.2) is 22.1 Å². The average molecular weight is 308 g/mol. The van der Waals surface area contributed by atoms with E-state index in [4.69, 9.17) is 4.74 Å². The highest BCUT2D eigenvalue weighted by Crippen LogP contribution is 2.28. The molecular weight excluding hydrogens is 288 g/mol. The van der Waals surface area contributed by atoms with E-state index in [2.05, 4.69) is 4.98 Å². The Kier molecular flexibility index (Phi) is 3.93. The molecule has 2 heterocycles. The van der Waals surface area contributed by atoms with E-state index in [1.807, 2.05) is 13.8 Å². The molecule has 0 saturated carbocycles. The minimum atomic E-state index is -1.08. The Labute approximate surface area is 127 Å². The van der Waals surface area contributed by atoms with Crippen molar-refractivity contribution < 1.29 is 9.53 Å². The smallest absolute Gasteiger partial charge is 0.331 e. The van der Waals surface area contributed by atoms with E-state index in [0.29, 0.717) is 11.2 Å². The first-order valence-corrected chi connectivity index (χ1v) is 7.70. The van der Waals surface area contributed by atoms with Crippen molar-refractivity contribution in [2.24, 2.45) is 0 Å². The van der Waals surface area contributed by atoms with Gasteiger partial charge in [0.05, 0.1) is 12.0 Å². The lowest BCUT2D eigenvalue weighted by Crippen LogP contribution is -2.45. The summed E-state index contributed by atoms with van der Waals surface area (Å²) in [5.41, 5.74) is -0.334. The van der Waals surface area contributed by atoms with Crippen LogP contribution in [0.2, 0.25) is 0 Å². The molecule has 21 heavy (non-hydrogen) atoms. The molecule has 114 valence electrons. The minimum Gasteiger partial charge on any atom is -0.464 e. The van der Waals surface area contributed by atoms with Gasteiger partial charge in [-0.3, -0.25) is 9.36 Å². The molecule has 6 heteroatoms. The van der Waals surface area contributed by atoms with Gasteiger partial charge in [-0.05, 0) is 47.1 Å². The molecule has 0 amide bonds. The van der Waals surface area contributed by atoms with Crippen molar-refractivity contribution >= 4 is 27.5 Å². The summed E-state index contributed by atoms with van der Waals surface area (Å²) >= 11 is 1.50. The van der Waals surface area contributed by atoms with Gasteiger partial charge in [0.15, 0.2) is 0 Å². The summed E-state index contributed by atoms with van der Waals surface area (Å²) in [4.78, 5) is 31.3. The number of hydrogen-bond donors (Lipinski definition) is 0. The fourth-order valence-electron chi connectivity index (χ4n) is 2.45. The largest absolute Gasteiger partial charge is 0.464 e. The number of hydrogen-bond acceptors (Lipinski definition) is 5. The van der Waals surface area contributed by atoms with Gasteiger partial charge in [-0.2, -0.15) is 0 Å². The Bertz CT molecular complexity index is 771. The van der Waals surface area contributed by atoms with Crippen LogP contribution in [0.25, 0.3) is 10.2 Å². The molecular formula is C15H20N2O3S. The van der Waals surface area contributed by atoms with E-state index in [0.717, 1.165) is 15.3 Å². The molecule has 0 spiro atoms. The highest BCUT2D eigenvalue weighted by atomic mass is 32.1. The van der Waals surface area contributed by atoms with Crippen LogP contribution in [0.1, 0.15) is 37.0 Å². The van der Waals surface area contributed by atoms with Crippen LogP contribution in [0.4, 0.5) is 0 Å². The number of rotatable bonds is 3. The van der Waals surface area contributed by atoms with Gasteiger partial charge >= 0.3 is 5.97 Å². The number of aryl methyl sites for hydroxylation is 3. The van der Waals surface area contributed by atoms with Gasteiger partial charge in [0, 0.05) is 4.88 Å². The molecule has 0 aromatic carbocycles. The second-order valence-corrected chi connectivity index (χ2v) is 6.75. The summed E-state index contributed by atoms with van der Waals surface area (Å²) in [6.45, 7) is 11.0. The summed E-state index contributed by atoms with van der Waals surface area (Å²) in [6, 6.07) is 0. The van der Waals surface area contributed by atoms with Gasteiger partial charge in [-0.15, -0.1) is 11.3 Å². The number of ether oxygens (including phenoxy) is 1. The van der Waals surface area contributed by atoms with Crippen molar-refractivity contribution in [1.82, 2.24) is 9.55 Å². The molecule has 0 saturated heterocycles. The van der Waals surface area contributed by atoms with E-state index in [1.165, 1.54) is 15.9 Å². The van der Waals surface area contributed by atoms with Gasteiger partial charge in [-0.25, -0.2) is 9.78 Å². The fraction of sp³-hybridized carbons (Fsp3) is 0.533. The highest BCUT2D eigenvalue weighted by molar-refractivity contribution is 7.18. The number of carbonyl (C=O) groups is 1.